The van der Waals surface area contributed by atoms with Crippen molar-refractivity contribution in [2.45, 2.75) is 43.0 Å². The minimum Gasteiger partial charge on any atom is -0.325 e. The Bertz CT molecular complexity index is 1020. The lowest BCUT2D eigenvalue weighted by molar-refractivity contribution is -0.120. The smallest absolute Gasteiger partial charge is 0.243 e. The van der Waals surface area contributed by atoms with Crippen molar-refractivity contribution >= 4 is 33.2 Å². The lowest BCUT2D eigenvalue weighted by atomic mass is 10.0. The third-order valence-corrected chi connectivity index (χ3v) is 7.55. The van der Waals surface area contributed by atoms with E-state index in [1.165, 1.54) is 4.31 Å². The summed E-state index contributed by atoms with van der Waals surface area (Å²) in [5.74, 6) is -0.227. The zero-order chi connectivity index (χ0) is 21.1. The van der Waals surface area contributed by atoms with Crippen LogP contribution in [-0.2, 0) is 19.6 Å². The molecule has 2 aromatic carbocycles. The number of carbonyl (C=O) groups excluding carboxylic acids is 2. The van der Waals surface area contributed by atoms with E-state index in [0.29, 0.717) is 31.6 Å². The van der Waals surface area contributed by atoms with Crippen LogP contribution in [0.1, 0.15) is 32.1 Å². The second kappa shape index (κ2) is 8.57. The molecule has 8 heteroatoms. The van der Waals surface area contributed by atoms with E-state index in [-0.39, 0.29) is 16.7 Å². The maximum absolute atomic E-state index is 13.1. The molecule has 0 aliphatic carbocycles. The Labute approximate surface area is 176 Å². The van der Waals surface area contributed by atoms with Crippen molar-refractivity contribution < 1.29 is 18.0 Å². The summed E-state index contributed by atoms with van der Waals surface area (Å²) < 4.78 is 27.5. The van der Waals surface area contributed by atoms with Crippen LogP contribution in [0.2, 0.25) is 0 Å². The lowest BCUT2D eigenvalue weighted by Gasteiger charge is -2.33. The summed E-state index contributed by atoms with van der Waals surface area (Å²) in [6.45, 7) is 1.03. The molecule has 7 nitrogen and oxygen atoms in total. The molecule has 0 aromatic heterocycles. The molecule has 0 radical (unpaired) electrons. The Hall–Kier alpha value is -2.71. The molecule has 2 aliphatic rings. The molecule has 2 aliphatic heterocycles. The van der Waals surface area contributed by atoms with Gasteiger partial charge in [-0.2, -0.15) is 4.31 Å². The lowest BCUT2D eigenvalue weighted by Crippen LogP contribution is -2.49. The van der Waals surface area contributed by atoms with E-state index in [0.717, 1.165) is 24.9 Å². The van der Waals surface area contributed by atoms with Crippen LogP contribution in [0.3, 0.4) is 0 Å². The Kier molecular flexibility index (Phi) is 5.87. The van der Waals surface area contributed by atoms with Gasteiger partial charge in [-0.1, -0.05) is 24.6 Å². The van der Waals surface area contributed by atoms with Gasteiger partial charge in [-0.05, 0) is 55.7 Å². The zero-order valence-electron chi connectivity index (χ0n) is 16.7. The van der Waals surface area contributed by atoms with Gasteiger partial charge < -0.3 is 10.2 Å². The highest BCUT2D eigenvalue weighted by Crippen LogP contribution is 2.27. The predicted molar refractivity (Wildman–Crippen MR) is 115 cm³/mol. The Morgan fingerprint density at radius 1 is 0.933 bits per heavy atom. The molecule has 2 aromatic rings. The minimum absolute atomic E-state index is 0.107. The van der Waals surface area contributed by atoms with Gasteiger partial charge in [0, 0.05) is 30.9 Å². The molecular formula is C22H25N3O4S. The molecule has 1 atom stereocenters. The van der Waals surface area contributed by atoms with Crippen LogP contribution in [0.25, 0.3) is 0 Å². The van der Waals surface area contributed by atoms with Crippen LogP contribution in [0.15, 0.2) is 59.5 Å². The monoisotopic (exact) mass is 427 g/mol. The van der Waals surface area contributed by atoms with Crippen molar-refractivity contribution in [2.24, 2.45) is 0 Å². The SMILES string of the molecule is O=C(Nc1ccc(N2CCCC2=O)cc1)C1CCCCN1S(=O)(=O)c1ccccc1. The van der Waals surface area contributed by atoms with Crippen LogP contribution >= 0.6 is 0 Å². The molecule has 2 fully saturated rings. The highest BCUT2D eigenvalue weighted by atomic mass is 32.2. The average Bonchev–Trinajstić information content (AvgIpc) is 3.21. The summed E-state index contributed by atoms with van der Waals surface area (Å²) in [7, 11) is -3.74. The number of hydrogen-bond acceptors (Lipinski definition) is 4. The molecule has 4 rings (SSSR count). The van der Waals surface area contributed by atoms with Crippen LogP contribution in [0.4, 0.5) is 11.4 Å². The molecule has 2 heterocycles. The van der Waals surface area contributed by atoms with Crippen molar-refractivity contribution in [3.05, 3.63) is 54.6 Å². The third kappa shape index (κ3) is 4.11. The fraction of sp³-hybridized carbons (Fsp3) is 0.364. The summed E-state index contributed by atoms with van der Waals surface area (Å²) in [5, 5.41) is 2.85. The first kappa shape index (κ1) is 20.6. The van der Waals surface area contributed by atoms with Gasteiger partial charge in [0.2, 0.25) is 21.8 Å². The summed E-state index contributed by atoms with van der Waals surface area (Å²) >= 11 is 0. The first-order valence-corrected chi connectivity index (χ1v) is 11.7. The van der Waals surface area contributed by atoms with Crippen LogP contribution in [0.5, 0.6) is 0 Å². The molecule has 0 bridgehead atoms. The number of hydrogen-bond donors (Lipinski definition) is 1. The van der Waals surface area contributed by atoms with E-state index in [2.05, 4.69) is 5.32 Å². The quantitative estimate of drug-likeness (QED) is 0.795. The second-order valence-corrected chi connectivity index (χ2v) is 9.52. The number of piperidine rings is 1. The number of rotatable bonds is 5. The Morgan fingerprint density at radius 2 is 1.67 bits per heavy atom. The number of carbonyl (C=O) groups is 2. The number of amides is 2. The Balaban J connectivity index is 1.49. The van der Waals surface area contributed by atoms with Crippen molar-refractivity contribution in [3.63, 3.8) is 0 Å². The fourth-order valence-electron chi connectivity index (χ4n) is 4.05. The average molecular weight is 428 g/mol. The number of benzene rings is 2. The van der Waals surface area contributed by atoms with E-state index in [4.69, 9.17) is 0 Å². The van der Waals surface area contributed by atoms with E-state index < -0.39 is 16.1 Å². The molecule has 1 unspecified atom stereocenters. The largest absolute Gasteiger partial charge is 0.325 e. The zero-order valence-corrected chi connectivity index (χ0v) is 17.5. The van der Waals surface area contributed by atoms with Gasteiger partial charge >= 0.3 is 0 Å². The maximum Gasteiger partial charge on any atom is 0.243 e. The second-order valence-electron chi connectivity index (χ2n) is 7.63. The van der Waals surface area contributed by atoms with E-state index in [1.54, 1.807) is 59.5 Å². The molecule has 158 valence electrons. The van der Waals surface area contributed by atoms with Crippen molar-refractivity contribution in [3.8, 4) is 0 Å². The summed E-state index contributed by atoms with van der Waals surface area (Å²) in [5.41, 5.74) is 1.39. The number of nitrogens with zero attached hydrogens (tertiary/aromatic N) is 2. The van der Waals surface area contributed by atoms with Gasteiger partial charge in [0.1, 0.15) is 6.04 Å². The van der Waals surface area contributed by atoms with Crippen LogP contribution < -0.4 is 10.2 Å². The molecule has 0 spiro atoms. The fourth-order valence-corrected chi connectivity index (χ4v) is 5.73. The third-order valence-electron chi connectivity index (χ3n) is 5.63. The highest BCUT2D eigenvalue weighted by Gasteiger charge is 2.37. The van der Waals surface area contributed by atoms with Crippen molar-refractivity contribution in [1.29, 1.82) is 0 Å². The van der Waals surface area contributed by atoms with Crippen molar-refractivity contribution in [2.75, 3.05) is 23.3 Å². The molecule has 1 N–H and O–H groups in total. The van der Waals surface area contributed by atoms with Gasteiger partial charge in [-0.25, -0.2) is 8.42 Å². The first-order chi connectivity index (χ1) is 14.5. The minimum atomic E-state index is -3.74. The standard InChI is InChI=1S/C22H25N3O4S/c26-21-10-6-15-24(21)18-13-11-17(12-14-18)23-22(27)20-9-4-5-16-25(20)30(28,29)19-7-2-1-3-8-19/h1-3,7-8,11-14,20H,4-6,9-10,15-16H2,(H,23,27). The normalized spacial score (nSPS) is 20.3. The molecule has 30 heavy (non-hydrogen) atoms. The van der Waals surface area contributed by atoms with Gasteiger partial charge in [-0.3, -0.25) is 9.59 Å². The highest BCUT2D eigenvalue weighted by molar-refractivity contribution is 7.89. The maximum atomic E-state index is 13.1. The summed E-state index contributed by atoms with van der Waals surface area (Å²) in [6.07, 6.45) is 3.43. The van der Waals surface area contributed by atoms with Gasteiger partial charge in [0.25, 0.3) is 0 Å². The van der Waals surface area contributed by atoms with E-state index in [1.807, 2.05) is 0 Å². The van der Waals surface area contributed by atoms with E-state index in [9.17, 15) is 18.0 Å². The van der Waals surface area contributed by atoms with Gasteiger partial charge in [0.05, 0.1) is 4.90 Å². The summed E-state index contributed by atoms with van der Waals surface area (Å²) in [6, 6.07) is 14.6. The summed E-state index contributed by atoms with van der Waals surface area (Å²) in [4.78, 5) is 26.8. The molecule has 2 amide bonds. The predicted octanol–water partition coefficient (Wildman–Crippen LogP) is 3.00. The molecule has 0 saturated carbocycles. The molecule has 2 saturated heterocycles. The Morgan fingerprint density at radius 3 is 2.33 bits per heavy atom. The number of anilines is 2. The first-order valence-electron chi connectivity index (χ1n) is 10.2. The van der Waals surface area contributed by atoms with Crippen LogP contribution in [-0.4, -0.2) is 43.7 Å². The number of sulfonamides is 1. The topological polar surface area (TPSA) is 86.8 Å². The van der Waals surface area contributed by atoms with Crippen molar-refractivity contribution in [1.82, 2.24) is 4.31 Å². The van der Waals surface area contributed by atoms with Gasteiger partial charge in [-0.15, -0.1) is 0 Å². The van der Waals surface area contributed by atoms with E-state index >= 15 is 0 Å². The van der Waals surface area contributed by atoms with Gasteiger partial charge in [0.15, 0.2) is 0 Å². The number of nitrogens with one attached hydrogen (secondary N) is 1. The molecular weight excluding hydrogens is 402 g/mol. The van der Waals surface area contributed by atoms with Crippen LogP contribution in [0, 0.1) is 0 Å².